The van der Waals surface area contributed by atoms with Crippen molar-refractivity contribution in [1.82, 2.24) is 4.90 Å². The Hall–Kier alpha value is -1.81. The highest BCUT2D eigenvalue weighted by atomic mass is 16.4. The number of carboxylic acids is 1. The maximum absolute atomic E-state index is 10.4. The number of aliphatic carboxylic acids is 1. The minimum atomic E-state index is -0.990. The quantitative estimate of drug-likeness (QED) is 0.706. The van der Waals surface area contributed by atoms with Crippen molar-refractivity contribution >= 4 is 5.97 Å². The van der Waals surface area contributed by atoms with Crippen LogP contribution in [0.3, 0.4) is 0 Å². The topological polar surface area (TPSA) is 60.8 Å². The molecule has 16 heavy (non-hydrogen) atoms. The molecule has 0 radical (unpaired) electrons. The molecule has 4 heteroatoms. The molecule has 1 rings (SSSR count). The number of hydrogen-bond donors (Lipinski definition) is 2. The van der Waals surface area contributed by atoms with E-state index in [4.69, 9.17) is 10.2 Å². The Kier molecular flexibility index (Phi) is 5.08. The van der Waals surface area contributed by atoms with Crippen molar-refractivity contribution in [2.24, 2.45) is 0 Å². The van der Waals surface area contributed by atoms with E-state index in [1.807, 2.05) is 30.3 Å². The number of carboxylic acid groups (broad SMARTS) is 1. The first kappa shape index (κ1) is 12.3. The summed E-state index contributed by atoms with van der Waals surface area (Å²) in [4.78, 5) is 12.1. The number of carbonyl (C=O) groups is 1. The summed E-state index contributed by atoms with van der Waals surface area (Å²) in [6, 6.07) is 9.69. The molecule has 4 nitrogen and oxygen atoms in total. The van der Waals surface area contributed by atoms with Crippen LogP contribution in [0, 0.1) is 0 Å². The molecule has 1 aromatic carbocycles. The zero-order chi connectivity index (χ0) is 11.8. The molecule has 0 heterocycles. The number of rotatable bonds is 6. The molecular weight excluding hydrogens is 206 g/mol. The number of hydrogen-bond acceptors (Lipinski definition) is 3. The largest absolute Gasteiger partial charge is 0.478 e. The third-order valence-corrected chi connectivity index (χ3v) is 2.04. The standard InChI is InChI=1S/C12H15NO3/c14-9-8-13(7-6-12(15)16)10-11-4-2-1-3-5-11/h1-7,14H,8-10H2,(H,15,16). The second-order valence-corrected chi connectivity index (χ2v) is 3.33. The van der Waals surface area contributed by atoms with Crippen LogP contribution < -0.4 is 0 Å². The van der Waals surface area contributed by atoms with Gasteiger partial charge in [-0.25, -0.2) is 4.79 Å². The van der Waals surface area contributed by atoms with Crippen molar-refractivity contribution in [3.63, 3.8) is 0 Å². The smallest absolute Gasteiger partial charge is 0.329 e. The first-order chi connectivity index (χ1) is 7.72. The van der Waals surface area contributed by atoms with Gasteiger partial charge in [0.25, 0.3) is 0 Å². The summed E-state index contributed by atoms with van der Waals surface area (Å²) in [5, 5.41) is 17.4. The molecule has 0 aliphatic heterocycles. The molecule has 0 saturated heterocycles. The fraction of sp³-hybridized carbons (Fsp3) is 0.250. The zero-order valence-corrected chi connectivity index (χ0v) is 8.91. The van der Waals surface area contributed by atoms with E-state index < -0.39 is 5.97 Å². The highest BCUT2D eigenvalue weighted by Gasteiger charge is 2.00. The van der Waals surface area contributed by atoms with Gasteiger partial charge in [-0.05, 0) is 5.56 Å². The number of aliphatic hydroxyl groups excluding tert-OH is 1. The van der Waals surface area contributed by atoms with E-state index in [1.54, 1.807) is 4.90 Å². The fourth-order valence-electron chi connectivity index (χ4n) is 1.32. The first-order valence-electron chi connectivity index (χ1n) is 5.02. The SMILES string of the molecule is O=C(O)C=CN(CCO)Cc1ccccc1. The molecule has 0 aliphatic carbocycles. The number of nitrogens with zero attached hydrogens (tertiary/aromatic N) is 1. The average molecular weight is 221 g/mol. The van der Waals surface area contributed by atoms with Crippen LogP contribution in [0.5, 0.6) is 0 Å². The van der Waals surface area contributed by atoms with Crippen LogP contribution in [-0.2, 0) is 11.3 Å². The molecule has 86 valence electrons. The Morgan fingerprint density at radius 3 is 2.56 bits per heavy atom. The van der Waals surface area contributed by atoms with Gasteiger partial charge in [0.2, 0.25) is 0 Å². The van der Waals surface area contributed by atoms with Crippen molar-refractivity contribution in [3.8, 4) is 0 Å². The van der Waals surface area contributed by atoms with E-state index in [9.17, 15) is 4.79 Å². The van der Waals surface area contributed by atoms with E-state index in [2.05, 4.69) is 0 Å². The predicted octanol–water partition coefficient (Wildman–Crippen LogP) is 1.08. The molecule has 0 fully saturated rings. The van der Waals surface area contributed by atoms with Gasteiger partial charge in [0, 0.05) is 25.4 Å². The predicted molar refractivity (Wildman–Crippen MR) is 60.7 cm³/mol. The van der Waals surface area contributed by atoms with E-state index in [1.165, 1.54) is 6.20 Å². The van der Waals surface area contributed by atoms with Gasteiger partial charge in [-0.3, -0.25) is 0 Å². The van der Waals surface area contributed by atoms with E-state index >= 15 is 0 Å². The van der Waals surface area contributed by atoms with Crippen LogP contribution in [0.25, 0.3) is 0 Å². The molecule has 0 saturated carbocycles. The molecule has 0 aromatic heterocycles. The van der Waals surface area contributed by atoms with Crippen molar-refractivity contribution in [2.75, 3.05) is 13.2 Å². The summed E-state index contributed by atoms with van der Waals surface area (Å²) >= 11 is 0. The summed E-state index contributed by atoms with van der Waals surface area (Å²) in [7, 11) is 0. The van der Waals surface area contributed by atoms with Gasteiger partial charge in [-0.15, -0.1) is 0 Å². The van der Waals surface area contributed by atoms with Gasteiger partial charge in [-0.2, -0.15) is 0 Å². The highest BCUT2D eigenvalue weighted by Crippen LogP contribution is 2.04. The summed E-state index contributed by atoms with van der Waals surface area (Å²) in [5.41, 5.74) is 1.07. The summed E-state index contributed by atoms with van der Waals surface area (Å²) in [5.74, 6) is -0.990. The van der Waals surface area contributed by atoms with Crippen LogP contribution in [0.4, 0.5) is 0 Å². The van der Waals surface area contributed by atoms with E-state index in [-0.39, 0.29) is 6.61 Å². The first-order valence-corrected chi connectivity index (χ1v) is 5.02. The summed E-state index contributed by atoms with van der Waals surface area (Å²) < 4.78 is 0. The zero-order valence-electron chi connectivity index (χ0n) is 8.91. The van der Waals surface area contributed by atoms with Gasteiger partial charge in [0.15, 0.2) is 0 Å². The van der Waals surface area contributed by atoms with Crippen molar-refractivity contribution in [3.05, 3.63) is 48.2 Å². The van der Waals surface area contributed by atoms with Gasteiger partial charge in [0.05, 0.1) is 6.61 Å². The van der Waals surface area contributed by atoms with Crippen molar-refractivity contribution < 1.29 is 15.0 Å². The Balaban J connectivity index is 2.61. The minimum absolute atomic E-state index is 0.00318. The van der Waals surface area contributed by atoms with E-state index in [0.29, 0.717) is 13.1 Å². The lowest BCUT2D eigenvalue weighted by Crippen LogP contribution is -2.21. The monoisotopic (exact) mass is 221 g/mol. The minimum Gasteiger partial charge on any atom is -0.478 e. The van der Waals surface area contributed by atoms with E-state index in [0.717, 1.165) is 11.6 Å². The Morgan fingerprint density at radius 2 is 2.00 bits per heavy atom. The molecular formula is C12H15NO3. The van der Waals surface area contributed by atoms with Crippen molar-refractivity contribution in [2.45, 2.75) is 6.54 Å². The average Bonchev–Trinajstić information content (AvgIpc) is 2.27. The highest BCUT2D eigenvalue weighted by molar-refractivity contribution is 5.79. The molecule has 0 aliphatic rings. The molecule has 1 aromatic rings. The Morgan fingerprint density at radius 1 is 1.31 bits per heavy atom. The van der Waals surface area contributed by atoms with Crippen LogP contribution in [0.2, 0.25) is 0 Å². The van der Waals surface area contributed by atoms with Gasteiger partial charge in [-0.1, -0.05) is 30.3 Å². The molecule has 0 spiro atoms. The Bertz CT molecular complexity index is 349. The maximum atomic E-state index is 10.4. The third-order valence-electron chi connectivity index (χ3n) is 2.04. The second kappa shape index (κ2) is 6.63. The van der Waals surface area contributed by atoms with Crippen LogP contribution >= 0.6 is 0 Å². The van der Waals surface area contributed by atoms with Crippen LogP contribution in [0.1, 0.15) is 5.56 Å². The summed E-state index contributed by atoms with van der Waals surface area (Å²) in [6.07, 6.45) is 2.55. The molecule has 0 atom stereocenters. The Labute approximate surface area is 94.4 Å². The van der Waals surface area contributed by atoms with Crippen molar-refractivity contribution in [1.29, 1.82) is 0 Å². The maximum Gasteiger partial charge on any atom is 0.329 e. The number of aliphatic hydroxyl groups is 1. The lowest BCUT2D eigenvalue weighted by Gasteiger charge is -2.18. The fourth-order valence-corrected chi connectivity index (χ4v) is 1.32. The molecule has 2 N–H and O–H groups in total. The van der Waals surface area contributed by atoms with Gasteiger partial charge in [0.1, 0.15) is 0 Å². The third kappa shape index (κ3) is 4.61. The summed E-state index contributed by atoms with van der Waals surface area (Å²) in [6.45, 7) is 1.00. The van der Waals surface area contributed by atoms with Crippen LogP contribution in [-0.4, -0.2) is 34.2 Å². The number of benzene rings is 1. The normalized spacial score (nSPS) is 10.6. The lowest BCUT2D eigenvalue weighted by molar-refractivity contribution is -0.131. The molecule has 0 bridgehead atoms. The van der Waals surface area contributed by atoms with Crippen LogP contribution in [0.15, 0.2) is 42.6 Å². The second-order valence-electron chi connectivity index (χ2n) is 3.33. The van der Waals surface area contributed by atoms with Gasteiger partial charge >= 0.3 is 5.97 Å². The lowest BCUT2D eigenvalue weighted by atomic mass is 10.2. The van der Waals surface area contributed by atoms with Gasteiger partial charge < -0.3 is 15.1 Å². The molecule has 0 amide bonds. The molecule has 0 unspecified atom stereocenters.